The smallest absolute Gasteiger partial charge is 0.222 e. The molecule has 0 unspecified atom stereocenters. The van der Waals surface area contributed by atoms with Crippen molar-refractivity contribution in [2.75, 3.05) is 20.6 Å². The molecule has 0 aliphatic rings. The van der Waals surface area contributed by atoms with Crippen LogP contribution in [0.15, 0.2) is 24.3 Å². The van der Waals surface area contributed by atoms with Crippen LogP contribution in [-0.4, -0.2) is 31.4 Å². The minimum absolute atomic E-state index is 0.177. The number of rotatable bonds is 6. The first-order valence-corrected chi connectivity index (χ1v) is 6.57. The van der Waals surface area contributed by atoms with E-state index in [1.807, 2.05) is 24.3 Å². The Hall–Kier alpha value is -1.06. The zero-order chi connectivity index (χ0) is 13.5. The SMILES string of the molecule is C[C@@H](NCCCC(=O)N(C)C)c1ccc(Cl)cc1. The van der Waals surface area contributed by atoms with Crippen LogP contribution in [0.2, 0.25) is 5.02 Å². The van der Waals surface area contributed by atoms with Gasteiger partial charge in [0.25, 0.3) is 0 Å². The number of benzene rings is 1. The van der Waals surface area contributed by atoms with Crippen molar-refractivity contribution in [2.45, 2.75) is 25.8 Å². The zero-order valence-electron chi connectivity index (χ0n) is 11.2. The highest BCUT2D eigenvalue weighted by Gasteiger charge is 2.06. The Balaban J connectivity index is 2.27. The molecule has 4 heteroatoms. The second kappa shape index (κ2) is 7.39. The summed E-state index contributed by atoms with van der Waals surface area (Å²) in [5, 5.41) is 4.15. The van der Waals surface area contributed by atoms with Gasteiger partial charge in [0, 0.05) is 31.6 Å². The molecule has 100 valence electrons. The molecule has 0 aliphatic heterocycles. The predicted molar refractivity (Wildman–Crippen MR) is 75.8 cm³/mol. The van der Waals surface area contributed by atoms with Crippen LogP contribution in [0.25, 0.3) is 0 Å². The second-order valence-corrected chi connectivity index (χ2v) is 5.06. The van der Waals surface area contributed by atoms with Crippen LogP contribution in [0.3, 0.4) is 0 Å². The largest absolute Gasteiger partial charge is 0.349 e. The third-order valence-electron chi connectivity index (χ3n) is 2.89. The quantitative estimate of drug-likeness (QED) is 0.805. The molecule has 1 N–H and O–H groups in total. The molecule has 0 aromatic heterocycles. The van der Waals surface area contributed by atoms with E-state index in [1.165, 1.54) is 5.56 Å². The van der Waals surface area contributed by atoms with Crippen LogP contribution in [0.5, 0.6) is 0 Å². The van der Waals surface area contributed by atoms with Crippen LogP contribution in [0, 0.1) is 0 Å². The molecule has 1 atom stereocenters. The Morgan fingerprint density at radius 2 is 1.94 bits per heavy atom. The number of nitrogens with one attached hydrogen (secondary N) is 1. The minimum atomic E-state index is 0.177. The fraction of sp³-hybridized carbons (Fsp3) is 0.500. The third-order valence-corrected chi connectivity index (χ3v) is 3.14. The Kier molecular flexibility index (Phi) is 6.16. The lowest BCUT2D eigenvalue weighted by Crippen LogP contribution is -2.24. The fourth-order valence-electron chi connectivity index (χ4n) is 1.65. The first kappa shape index (κ1) is 15.0. The average molecular weight is 269 g/mol. The molecule has 0 radical (unpaired) electrons. The van der Waals surface area contributed by atoms with Crippen molar-refractivity contribution in [3.05, 3.63) is 34.9 Å². The average Bonchev–Trinajstić information content (AvgIpc) is 2.34. The molecular formula is C14H21ClN2O. The maximum absolute atomic E-state index is 11.4. The van der Waals surface area contributed by atoms with Crippen molar-refractivity contribution in [3.63, 3.8) is 0 Å². The van der Waals surface area contributed by atoms with Crippen molar-refractivity contribution in [2.24, 2.45) is 0 Å². The minimum Gasteiger partial charge on any atom is -0.349 e. The summed E-state index contributed by atoms with van der Waals surface area (Å²) in [7, 11) is 3.57. The highest BCUT2D eigenvalue weighted by atomic mass is 35.5. The molecule has 0 fully saturated rings. The van der Waals surface area contributed by atoms with Crippen molar-refractivity contribution in [3.8, 4) is 0 Å². The number of hydrogen-bond donors (Lipinski definition) is 1. The Labute approximate surface area is 114 Å². The molecule has 0 saturated heterocycles. The highest BCUT2D eigenvalue weighted by Crippen LogP contribution is 2.15. The van der Waals surface area contributed by atoms with Crippen molar-refractivity contribution in [1.82, 2.24) is 10.2 Å². The molecule has 0 heterocycles. The van der Waals surface area contributed by atoms with Gasteiger partial charge in [-0.15, -0.1) is 0 Å². The van der Waals surface area contributed by atoms with Crippen LogP contribution in [0.1, 0.15) is 31.4 Å². The van der Waals surface area contributed by atoms with E-state index in [0.29, 0.717) is 6.42 Å². The van der Waals surface area contributed by atoms with Crippen molar-refractivity contribution >= 4 is 17.5 Å². The lowest BCUT2D eigenvalue weighted by molar-refractivity contribution is -0.128. The van der Waals surface area contributed by atoms with Gasteiger partial charge in [-0.25, -0.2) is 0 Å². The van der Waals surface area contributed by atoms with E-state index in [4.69, 9.17) is 11.6 Å². The summed E-state index contributed by atoms with van der Waals surface area (Å²) < 4.78 is 0. The van der Waals surface area contributed by atoms with Gasteiger partial charge in [-0.3, -0.25) is 4.79 Å². The normalized spacial score (nSPS) is 12.2. The molecule has 18 heavy (non-hydrogen) atoms. The molecular weight excluding hydrogens is 248 g/mol. The van der Waals surface area contributed by atoms with Gasteiger partial charge in [0.1, 0.15) is 0 Å². The van der Waals surface area contributed by atoms with Crippen molar-refractivity contribution < 1.29 is 4.79 Å². The van der Waals surface area contributed by atoms with Gasteiger partial charge >= 0.3 is 0 Å². The summed E-state index contributed by atoms with van der Waals surface area (Å²) in [5.74, 6) is 0.177. The summed E-state index contributed by atoms with van der Waals surface area (Å²) in [4.78, 5) is 13.0. The zero-order valence-corrected chi connectivity index (χ0v) is 12.0. The summed E-state index contributed by atoms with van der Waals surface area (Å²) in [5.41, 5.74) is 1.21. The molecule has 0 bridgehead atoms. The lowest BCUT2D eigenvalue weighted by atomic mass is 10.1. The number of carbonyl (C=O) groups excluding carboxylic acids is 1. The van der Waals surface area contributed by atoms with E-state index in [1.54, 1.807) is 19.0 Å². The Morgan fingerprint density at radius 1 is 1.33 bits per heavy atom. The van der Waals surface area contributed by atoms with Gasteiger partial charge in [0.15, 0.2) is 0 Å². The summed E-state index contributed by atoms with van der Waals surface area (Å²) in [6.07, 6.45) is 1.45. The number of nitrogens with zero attached hydrogens (tertiary/aromatic N) is 1. The number of hydrogen-bond acceptors (Lipinski definition) is 2. The van der Waals surface area contributed by atoms with E-state index in [-0.39, 0.29) is 11.9 Å². The Morgan fingerprint density at radius 3 is 2.50 bits per heavy atom. The standard InChI is InChI=1S/C14H21ClN2O/c1-11(12-6-8-13(15)9-7-12)16-10-4-5-14(18)17(2)3/h6-9,11,16H,4-5,10H2,1-3H3/t11-/m1/s1. The van der Waals surface area contributed by atoms with E-state index in [2.05, 4.69) is 12.2 Å². The lowest BCUT2D eigenvalue weighted by Gasteiger charge is -2.15. The highest BCUT2D eigenvalue weighted by molar-refractivity contribution is 6.30. The monoisotopic (exact) mass is 268 g/mol. The molecule has 0 spiro atoms. The maximum Gasteiger partial charge on any atom is 0.222 e. The molecule has 1 aromatic rings. The molecule has 1 rings (SSSR count). The number of halogens is 1. The molecule has 1 amide bonds. The summed E-state index contributed by atoms with van der Waals surface area (Å²) in [6.45, 7) is 2.94. The van der Waals surface area contributed by atoms with Gasteiger partial charge in [-0.2, -0.15) is 0 Å². The van der Waals surface area contributed by atoms with Gasteiger partial charge in [0.05, 0.1) is 0 Å². The van der Waals surface area contributed by atoms with Gasteiger partial charge in [-0.05, 0) is 37.6 Å². The van der Waals surface area contributed by atoms with Crippen LogP contribution in [0.4, 0.5) is 0 Å². The van der Waals surface area contributed by atoms with E-state index < -0.39 is 0 Å². The van der Waals surface area contributed by atoms with E-state index >= 15 is 0 Å². The topological polar surface area (TPSA) is 32.3 Å². The van der Waals surface area contributed by atoms with Gasteiger partial charge in [0.2, 0.25) is 5.91 Å². The summed E-state index contributed by atoms with van der Waals surface area (Å²) in [6, 6.07) is 8.10. The summed E-state index contributed by atoms with van der Waals surface area (Å²) >= 11 is 5.85. The number of amides is 1. The van der Waals surface area contributed by atoms with Crippen molar-refractivity contribution in [1.29, 1.82) is 0 Å². The van der Waals surface area contributed by atoms with E-state index in [0.717, 1.165) is 18.0 Å². The molecule has 1 aromatic carbocycles. The van der Waals surface area contributed by atoms with Gasteiger partial charge < -0.3 is 10.2 Å². The van der Waals surface area contributed by atoms with Crippen LogP contribution in [-0.2, 0) is 4.79 Å². The van der Waals surface area contributed by atoms with Gasteiger partial charge in [-0.1, -0.05) is 23.7 Å². The van der Waals surface area contributed by atoms with E-state index in [9.17, 15) is 4.79 Å². The van der Waals surface area contributed by atoms with Crippen LogP contribution < -0.4 is 5.32 Å². The third kappa shape index (κ3) is 5.07. The first-order chi connectivity index (χ1) is 8.50. The predicted octanol–water partition coefficient (Wildman–Crippen LogP) is 2.86. The maximum atomic E-state index is 11.4. The first-order valence-electron chi connectivity index (χ1n) is 6.19. The molecule has 0 aliphatic carbocycles. The second-order valence-electron chi connectivity index (χ2n) is 4.62. The Bertz CT molecular complexity index is 376. The fourth-order valence-corrected chi connectivity index (χ4v) is 1.78. The van der Waals surface area contributed by atoms with Crippen LogP contribution >= 0.6 is 11.6 Å². The molecule has 0 saturated carbocycles. The molecule has 3 nitrogen and oxygen atoms in total. The number of carbonyl (C=O) groups is 1.